The molecule has 0 unspecified atom stereocenters. The van der Waals surface area contributed by atoms with Gasteiger partial charge in [-0.3, -0.25) is 0 Å². The molecule has 0 bridgehead atoms. The summed E-state index contributed by atoms with van der Waals surface area (Å²) in [4.78, 5) is 12.4. The maximum absolute atomic E-state index is 4.38. The van der Waals surface area contributed by atoms with Gasteiger partial charge in [0.15, 0.2) is 0 Å². The van der Waals surface area contributed by atoms with Gasteiger partial charge in [-0.05, 0) is 47.5 Å². The highest BCUT2D eigenvalue weighted by atomic mass is 79.9. The molecule has 0 aliphatic rings. The second-order valence-corrected chi connectivity index (χ2v) is 8.00. The Bertz CT molecular complexity index is 733. The molecule has 0 saturated carbocycles. The number of hydrogen-bond acceptors (Lipinski definition) is 5. The monoisotopic (exact) mass is 353 g/mol. The number of aromatic nitrogens is 2. The van der Waals surface area contributed by atoms with Crippen molar-refractivity contribution in [2.75, 3.05) is 5.32 Å². The summed E-state index contributed by atoms with van der Waals surface area (Å²) in [5, 5.41) is 4.57. The summed E-state index contributed by atoms with van der Waals surface area (Å²) in [5.74, 6) is 0.927. The lowest BCUT2D eigenvalue weighted by molar-refractivity contribution is 1.13. The Morgan fingerprint density at radius 2 is 2.05 bits per heavy atom. The Balaban J connectivity index is 1.92. The van der Waals surface area contributed by atoms with E-state index in [4.69, 9.17) is 0 Å². The Morgan fingerprint density at radius 1 is 1.21 bits per heavy atom. The Morgan fingerprint density at radius 3 is 2.79 bits per heavy atom. The lowest BCUT2D eigenvalue weighted by Gasteiger charge is -2.05. The van der Waals surface area contributed by atoms with Gasteiger partial charge in [-0.25, -0.2) is 9.97 Å². The van der Waals surface area contributed by atoms with E-state index in [1.807, 2.05) is 0 Å². The van der Waals surface area contributed by atoms with Gasteiger partial charge in [0.1, 0.15) is 17.0 Å². The highest BCUT2D eigenvalue weighted by Gasteiger charge is 2.11. The van der Waals surface area contributed by atoms with E-state index < -0.39 is 0 Å². The Hall–Kier alpha value is -0.980. The summed E-state index contributed by atoms with van der Waals surface area (Å²) in [7, 11) is 0. The molecule has 0 fully saturated rings. The fourth-order valence-corrected chi connectivity index (χ4v) is 4.35. The fourth-order valence-electron chi connectivity index (χ4n) is 1.93. The molecule has 0 saturated heterocycles. The first kappa shape index (κ1) is 13.0. The lowest BCUT2D eigenvalue weighted by atomic mass is 10.2. The van der Waals surface area contributed by atoms with Crippen LogP contribution in [0.15, 0.2) is 22.2 Å². The third-order valence-corrected chi connectivity index (χ3v) is 5.76. The van der Waals surface area contributed by atoms with E-state index >= 15 is 0 Å². The number of rotatable bonds is 3. The first-order chi connectivity index (χ1) is 9.15. The van der Waals surface area contributed by atoms with Gasteiger partial charge < -0.3 is 5.32 Å². The molecule has 19 heavy (non-hydrogen) atoms. The van der Waals surface area contributed by atoms with Gasteiger partial charge in [0.05, 0.1) is 15.7 Å². The van der Waals surface area contributed by atoms with Crippen LogP contribution in [0.1, 0.15) is 15.3 Å². The van der Waals surface area contributed by atoms with Crippen LogP contribution in [0, 0.1) is 13.8 Å². The maximum Gasteiger partial charge on any atom is 0.138 e. The summed E-state index contributed by atoms with van der Waals surface area (Å²) in [6.07, 6.45) is 1.63. The van der Waals surface area contributed by atoms with Gasteiger partial charge in [-0.15, -0.1) is 22.7 Å². The van der Waals surface area contributed by atoms with E-state index in [1.54, 1.807) is 29.0 Å². The number of aryl methyl sites for hydroxylation is 2. The molecule has 0 aliphatic heterocycles. The molecule has 1 N–H and O–H groups in total. The van der Waals surface area contributed by atoms with E-state index in [1.165, 1.54) is 15.3 Å². The topological polar surface area (TPSA) is 37.8 Å². The third-order valence-electron chi connectivity index (χ3n) is 3.02. The van der Waals surface area contributed by atoms with Crippen LogP contribution in [0.4, 0.5) is 5.82 Å². The van der Waals surface area contributed by atoms with Crippen molar-refractivity contribution in [2.24, 2.45) is 0 Å². The number of hydrogen-bond donors (Lipinski definition) is 1. The van der Waals surface area contributed by atoms with Gasteiger partial charge in [-0.1, -0.05) is 0 Å². The van der Waals surface area contributed by atoms with Crippen LogP contribution >= 0.6 is 38.6 Å². The predicted octanol–water partition coefficient (Wildman–Crippen LogP) is 4.74. The van der Waals surface area contributed by atoms with E-state index in [-0.39, 0.29) is 0 Å². The quantitative estimate of drug-likeness (QED) is 0.738. The number of anilines is 1. The molecule has 3 nitrogen and oxygen atoms in total. The third kappa shape index (κ3) is 2.52. The van der Waals surface area contributed by atoms with Crippen molar-refractivity contribution < 1.29 is 0 Å². The number of nitrogens with zero attached hydrogens (tertiary/aromatic N) is 2. The number of nitrogens with one attached hydrogen (secondary N) is 1. The summed E-state index contributed by atoms with van der Waals surface area (Å²) in [6.45, 7) is 5.04. The molecule has 0 radical (unpaired) electrons. The Kier molecular flexibility index (Phi) is 3.56. The van der Waals surface area contributed by atoms with Crippen molar-refractivity contribution in [2.45, 2.75) is 20.4 Å². The molecule has 0 spiro atoms. The first-order valence-electron chi connectivity index (χ1n) is 5.84. The minimum absolute atomic E-state index is 0.788. The summed E-state index contributed by atoms with van der Waals surface area (Å²) < 4.78 is 1.15. The zero-order chi connectivity index (χ0) is 13.4. The molecular formula is C13H12BrN3S2. The van der Waals surface area contributed by atoms with Crippen LogP contribution in [-0.4, -0.2) is 9.97 Å². The normalized spacial score (nSPS) is 11.1. The van der Waals surface area contributed by atoms with E-state index in [9.17, 15) is 0 Å². The summed E-state index contributed by atoms with van der Waals surface area (Å²) >= 11 is 6.94. The van der Waals surface area contributed by atoms with Crippen molar-refractivity contribution >= 4 is 54.6 Å². The van der Waals surface area contributed by atoms with Gasteiger partial charge in [-0.2, -0.15) is 0 Å². The number of fused-ring (bicyclic) bond motifs is 1. The molecule has 0 amide bonds. The average Bonchev–Trinajstić information content (AvgIpc) is 2.93. The van der Waals surface area contributed by atoms with Crippen molar-refractivity contribution in [3.8, 4) is 0 Å². The van der Waals surface area contributed by atoms with E-state index in [0.717, 1.165) is 26.4 Å². The molecule has 6 heteroatoms. The summed E-state index contributed by atoms with van der Waals surface area (Å²) in [6, 6.07) is 4.18. The van der Waals surface area contributed by atoms with Crippen molar-refractivity contribution in [1.29, 1.82) is 0 Å². The van der Waals surface area contributed by atoms with Crippen LogP contribution < -0.4 is 5.32 Å². The molecule has 0 atom stereocenters. The van der Waals surface area contributed by atoms with Crippen LogP contribution in [-0.2, 0) is 6.54 Å². The van der Waals surface area contributed by atoms with Gasteiger partial charge in [0.25, 0.3) is 0 Å². The number of thiophene rings is 2. The van der Waals surface area contributed by atoms with E-state index in [0.29, 0.717) is 0 Å². The standard InChI is InChI=1S/C13H12BrN3S2/c1-7-8(2)18-13-11(7)12(16-6-17-13)15-5-9-3-4-10(14)19-9/h3-4,6H,5H2,1-2H3,(H,15,16,17). The highest BCUT2D eigenvalue weighted by Crippen LogP contribution is 2.33. The molecule has 98 valence electrons. The molecule has 3 aromatic rings. The van der Waals surface area contributed by atoms with Gasteiger partial charge >= 0.3 is 0 Å². The van der Waals surface area contributed by atoms with Crippen LogP contribution in [0.25, 0.3) is 10.2 Å². The van der Waals surface area contributed by atoms with Crippen molar-refractivity contribution in [3.63, 3.8) is 0 Å². The molecule has 0 aliphatic carbocycles. The largest absolute Gasteiger partial charge is 0.365 e. The second kappa shape index (κ2) is 5.19. The number of halogens is 1. The van der Waals surface area contributed by atoms with E-state index in [2.05, 4.69) is 57.2 Å². The molecule has 3 aromatic heterocycles. The molecule has 0 aromatic carbocycles. The first-order valence-corrected chi connectivity index (χ1v) is 8.26. The Labute approximate surface area is 127 Å². The summed E-state index contributed by atoms with van der Waals surface area (Å²) in [5.41, 5.74) is 1.27. The SMILES string of the molecule is Cc1sc2ncnc(NCc3ccc(Br)s3)c2c1C. The lowest BCUT2D eigenvalue weighted by Crippen LogP contribution is -2.00. The maximum atomic E-state index is 4.38. The smallest absolute Gasteiger partial charge is 0.138 e. The minimum atomic E-state index is 0.788. The predicted molar refractivity (Wildman–Crippen MR) is 86.2 cm³/mol. The van der Waals surface area contributed by atoms with Crippen LogP contribution in [0.2, 0.25) is 0 Å². The minimum Gasteiger partial charge on any atom is -0.365 e. The van der Waals surface area contributed by atoms with Crippen molar-refractivity contribution in [3.05, 3.63) is 37.6 Å². The zero-order valence-electron chi connectivity index (χ0n) is 10.5. The molecule has 3 rings (SSSR count). The average molecular weight is 354 g/mol. The highest BCUT2D eigenvalue weighted by molar-refractivity contribution is 9.11. The van der Waals surface area contributed by atoms with Crippen LogP contribution in [0.3, 0.4) is 0 Å². The van der Waals surface area contributed by atoms with Crippen molar-refractivity contribution in [1.82, 2.24) is 9.97 Å². The molecular weight excluding hydrogens is 342 g/mol. The second-order valence-electron chi connectivity index (χ2n) is 4.25. The van der Waals surface area contributed by atoms with Crippen LogP contribution in [0.5, 0.6) is 0 Å². The van der Waals surface area contributed by atoms with Gasteiger partial charge in [0.2, 0.25) is 0 Å². The molecule has 3 heterocycles. The van der Waals surface area contributed by atoms with Gasteiger partial charge in [0, 0.05) is 9.75 Å². The fraction of sp³-hybridized carbons (Fsp3) is 0.231. The zero-order valence-corrected chi connectivity index (χ0v) is 13.7.